The standard InChI is InChI=1S/C15H22FNO3/c1-5-10(2)14(15(18)20-4)17-9-11-6-7-13(19-3)12(16)8-11/h6-8,10,14,17H,5,9H2,1-4H3. The second-order valence-corrected chi connectivity index (χ2v) is 4.74. The highest BCUT2D eigenvalue weighted by Gasteiger charge is 2.24. The van der Waals surface area contributed by atoms with Crippen LogP contribution in [0.3, 0.4) is 0 Å². The van der Waals surface area contributed by atoms with E-state index >= 15 is 0 Å². The molecule has 5 heteroatoms. The molecule has 0 saturated heterocycles. The number of esters is 1. The van der Waals surface area contributed by atoms with Crippen LogP contribution in [0.4, 0.5) is 4.39 Å². The average molecular weight is 283 g/mol. The van der Waals surface area contributed by atoms with Gasteiger partial charge in [-0.25, -0.2) is 4.39 Å². The number of ether oxygens (including phenoxy) is 2. The van der Waals surface area contributed by atoms with Gasteiger partial charge in [0.1, 0.15) is 6.04 Å². The fraction of sp³-hybridized carbons (Fsp3) is 0.533. The number of methoxy groups -OCH3 is 2. The lowest BCUT2D eigenvalue weighted by Gasteiger charge is -2.22. The van der Waals surface area contributed by atoms with Crippen molar-refractivity contribution in [2.45, 2.75) is 32.9 Å². The second kappa shape index (κ2) is 7.85. The lowest BCUT2D eigenvalue weighted by atomic mass is 9.99. The molecule has 1 N–H and O–H groups in total. The Bertz CT molecular complexity index is 451. The molecule has 0 fully saturated rings. The molecule has 0 aliphatic rings. The van der Waals surface area contributed by atoms with Crippen LogP contribution in [0.5, 0.6) is 5.75 Å². The molecule has 1 aromatic rings. The molecule has 2 atom stereocenters. The van der Waals surface area contributed by atoms with Gasteiger partial charge in [-0.1, -0.05) is 26.3 Å². The number of benzene rings is 1. The van der Waals surface area contributed by atoms with Gasteiger partial charge in [-0.05, 0) is 23.6 Å². The van der Waals surface area contributed by atoms with E-state index < -0.39 is 11.9 Å². The average Bonchev–Trinajstić information content (AvgIpc) is 2.46. The van der Waals surface area contributed by atoms with Crippen molar-refractivity contribution in [1.82, 2.24) is 5.32 Å². The zero-order chi connectivity index (χ0) is 15.1. The topological polar surface area (TPSA) is 47.6 Å². The van der Waals surface area contributed by atoms with E-state index in [4.69, 9.17) is 9.47 Å². The quantitative estimate of drug-likeness (QED) is 0.781. The van der Waals surface area contributed by atoms with Crippen molar-refractivity contribution in [3.63, 3.8) is 0 Å². The zero-order valence-corrected chi connectivity index (χ0v) is 12.4. The summed E-state index contributed by atoms with van der Waals surface area (Å²) in [6.45, 7) is 4.38. The van der Waals surface area contributed by atoms with Gasteiger partial charge in [-0.15, -0.1) is 0 Å². The van der Waals surface area contributed by atoms with Crippen molar-refractivity contribution in [3.8, 4) is 5.75 Å². The maximum Gasteiger partial charge on any atom is 0.323 e. The van der Waals surface area contributed by atoms with Crippen molar-refractivity contribution in [3.05, 3.63) is 29.6 Å². The third-order valence-electron chi connectivity index (χ3n) is 3.41. The van der Waals surface area contributed by atoms with Gasteiger partial charge in [0.15, 0.2) is 11.6 Å². The third kappa shape index (κ3) is 4.20. The molecule has 0 heterocycles. The van der Waals surface area contributed by atoms with Crippen LogP contribution in [-0.2, 0) is 16.1 Å². The molecule has 0 aliphatic carbocycles. The first-order valence-corrected chi connectivity index (χ1v) is 6.67. The molecule has 0 aromatic heterocycles. The SMILES string of the molecule is CCC(C)C(NCc1ccc(OC)c(F)c1)C(=O)OC. The summed E-state index contributed by atoms with van der Waals surface area (Å²) in [6, 6.07) is 4.34. The van der Waals surface area contributed by atoms with Crippen molar-refractivity contribution >= 4 is 5.97 Å². The van der Waals surface area contributed by atoms with E-state index in [-0.39, 0.29) is 17.6 Å². The smallest absolute Gasteiger partial charge is 0.323 e. The number of carbonyl (C=O) groups excluding carboxylic acids is 1. The molecule has 0 spiro atoms. The zero-order valence-electron chi connectivity index (χ0n) is 12.4. The fourth-order valence-corrected chi connectivity index (χ4v) is 1.93. The Labute approximate surface area is 119 Å². The fourth-order valence-electron chi connectivity index (χ4n) is 1.93. The lowest BCUT2D eigenvalue weighted by Crippen LogP contribution is -2.42. The van der Waals surface area contributed by atoms with Crippen molar-refractivity contribution in [1.29, 1.82) is 0 Å². The lowest BCUT2D eigenvalue weighted by molar-refractivity contribution is -0.144. The van der Waals surface area contributed by atoms with Gasteiger partial charge in [0, 0.05) is 6.54 Å². The van der Waals surface area contributed by atoms with Gasteiger partial charge in [0.25, 0.3) is 0 Å². The molecule has 0 aliphatic heterocycles. The molecule has 1 aromatic carbocycles. The number of hydrogen-bond acceptors (Lipinski definition) is 4. The van der Waals surface area contributed by atoms with Gasteiger partial charge < -0.3 is 14.8 Å². The molecule has 4 nitrogen and oxygen atoms in total. The van der Waals surface area contributed by atoms with Crippen LogP contribution in [0.1, 0.15) is 25.8 Å². The first-order chi connectivity index (χ1) is 9.53. The number of rotatable bonds is 7. The van der Waals surface area contributed by atoms with Gasteiger partial charge in [-0.2, -0.15) is 0 Å². The maximum atomic E-state index is 13.6. The minimum absolute atomic E-state index is 0.144. The summed E-state index contributed by atoms with van der Waals surface area (Å²) in [5.41, 5.74) is 0.750. The summed E-state index contributed by atoms with van der Waals surface area (Å²) in [4.78, 5) is 11.7. The summed E-state index contributed by atoms with van der Waals surface area (Å²) in [7, 11) is 2.79. The summed E-state index contributed by atoms with van der Waals surface area (Å²) >= 11 is 0. The Balaban J connectivity index is 2.72. The van der Waals surface area contributed by atoms with Crippen LogP contribution in [0.15, 0.2) is 18.2 Å². The van der Waals surface area contributed by atoms with Gasteiger partial charge in [0.05, 0.1) is 14.2 Å². The summed E-state index contributed by atoms with van der Waals surface area (Å²) in [6.07, 6.45) is 0.851. The van der Waals surface area contributed by atoms with Crippen molar-refractivity contribution in [2.24, 2.45) is 5.92 Å². The van der Waals surface area contributed by atoms with Crippen LogP contribution in [0.2, 0.25) is 0 Å². The highest BCUT2D eigenvalue weighted by Crippen LogP contribution is 2.18. The van der Waals surface area contributed by atoms with E-state index in [9.17, 15) is 9.18 Å². The Morgan fingerprint density at radius 2 is 2.10 bits per heavy atom. The van der Waals surface area contributed by atoms with Gasteiger partial charge in [0.2, 0.25) is 0 Å². The van der Waals surface area contributed by atoms with E-state index in [1.807, 2.05) is 13.8 Å². The van der Waals surface area contributed by atoms with Crippen molar-refractivity contribution in [2.75, 3.05) is 14.2 Å². The summed E-state index contributed by atoms with van der Waals surface area (Å²) in [5.74, 6) is -0.357. The second-order valence-electron chi connectivity index (χ2n) is 4.74. The minimum Gasteiger partial charge on any atom is -0.494 e. The Hall–Kier alpha value is -1.62. The van der Waals surface area contributed by atoms with Crippen LogP contribution in [0, 0.1) is 11.7 Å². The number of carbonyl (C=O) groups is 1. The van der Waals surface area contributed by atoms with E-state index in [1.54, 1.807) is 12.1 Å². The first kappa shape index (κ1) is 16.4. The van der Waals surface area contributed by atoms with Crippen LogP contribution in [0.25, 0.3) is 0 Å². The number of nitrogens with one attached hydrogen (secondary N) is 1. The molecular formula is C15H22FNO3. The van der Waals surface area contributed by atoms with E-state index in [0.29, 0.717) is 6.54 Å². The molecule has 0 bridgehead atoms. The molecule has 112 valence electrons. The molecule has 0 radical (unpaired) electrons. The van der Waals surface area contributed by atoms with Crippen molar-refractivity contribution < 1.29 is 18.7 Å². The van der Waals surface area contributed by atoms with E-state index in [1.165, 1.54) is 20.3 Å². The van der Waals surface area contributed by atoms with Gasteiger partial charge >= 0.3 is 5.97 Å². The highest BCUT2D eigenvalue weighted by molar-refractivity contribution is 5.75. The molecule has 2 unspecified atom stereocenters. The maximum absolute atomic E-state index is 13.6. The third-order valence-corrected chi connectivity index (χ3v) is 3.41. The molecule has 0 saturated carbocycles. The Kier molecular flexibility index (Phi) is 6.45. The molecule has 0 amide bonds. The van der Waals surface area contributed by atoms with E-state index in [2.05, 4.69) is 5.32 Å². The molecule has 20 heavy (non-hydrogen) atoms. The van der Waals surface area contributed by atoms with Crippen LogP contribution >= 0.6 is 0 Å². The monoisotopic (exact) mass is 283 g/mol. The first-order valence-electron chi connectivity index (χ1n) is 6.67. The van der Waals surface area contributed by atoms with Gasteiger partial charge in [-0.3, -0.25) is 4.79 Å². The number of halogens is 1. The number of hydrogen-bond donors (Lipinski definition) is 1. The predicted octanol–water partition coefficient (Wildman–Crippen LogP) is 2.51. The Morgan fingerprint density at radius 1 is 1.40 bits per heavy atom. The Morgan fingerprint density at radius 3 is 2.60 bits per heavy atom. The highest BCUT2D eigenvalue weighted by atomic mass is 19.1. The molecule has 1 rings (SSSR count). The predicted molar refractivity (Wildman–Crippen MR) is 75.1 cm³/mol. The summed E-state index contributed by atoms with van der Waals surface area (Å²) in [5, 5.41) is 3.12. The minimum atomic E-state index is -0.412. The summed E-state index contributed by atoms with van der Waals surface area (Å²) < 4.78 is 23.2. The van der Waals surface area contributed by atoms with E-state index in [0.717, 1.165) is 12.0 Å². The van der Waals surface area contributed by atoms with Crippen LogP contribution < -0.4 is 10.1 Å². The normalized spacial score (nSPS) is 13.7. The van der Waals surface area contributed by atoms with Crippen LogP contribution in [-0.4, -0.2) is 26.2 Å². The largest absolute Gasteiger partial charge is 0.494 e. The molecular weight excluding hydrogens is 261 g/mol.